The Morgan fingerprint density at radius 2 is 2.09 bits per heavy atom. The smallest absolute Gasteiger partial charge is 0.306 e. The first kappa shape index (κ1) is 20.4. The molecule has 4 aromatic rings. The quantitative estimate of drug-likeness (QED) is 0.449. The summed E-state index contributed by atoms with van der Waals surface area (Å²) < 4.78 is 34.4. The summed E-state index contributed by atoms with van der Waals surface area (Å²) in [6.45, 7) is 1.62. The van der Waals surface area contributed by atoms with E-state index < -0.39 is 10.2 Å². The number of phenolic OH excluding ortho intramolecular Hbond substituents is 1. The number of aromatic hydroxyl groups is 1. The van der Waals surface area contributed by atoms with E-state index in [1.54, 1.807) is 48.1 Å². The number of nitrogens with zero attached hydrogens (tertiary/aromatic N) is 6. The molecule has 0 aliphatic carbocycles. The highest BCUT2D eigenvalue weighted by molar-refractivity contribution is 7.87. The summed E-state index contributed by atoms with van der Waals surface area (Å²) in [5.74, 6) is 0.896. The van der Waals surface area contributed by atoms with Crippen molar-refractivity contribution in [2.24, 2.45) is 0 Å². The topological polar surface area (TPSA) is 129 Å². The predicted molar refractivity (Wildman–Crippen MR) is 117 cm³/mol. The maximum Gasteiger partial charge on any atom is 0.306 e. The lowest BCUT2D eigenvalue weighted by atomic mass is 10.1. The highest BCUT2D eigenvalue weighted by Gasteiger charge is 2.33. The van der Waals surface area contributed by atoms with E-state index in [0.717, 1.165) is 5.56 Å². The molecule has 1 aliphatic rings. The van der Waals surface area contributed by atoms with Crippen molar-refractivity contribution in [2.45, 2.75) is 0 Å². The lowest BCUT2D eigenvalue weighted by Gasteiger charge is -2.16. The minimum atomic E-state index is -3.38. The zero-order valence-corrected chi connectivity index (χ0v) is 18.0. The van der Waals surface area contributed by atoms with Gasteiger partial charge in [-0.15, -0.1) is 0 Å². The van der Waals surface area contributed by atoms with Gasteiger partial charge in [-0.1, -0.05) is 12.1 Å². The highest BCUT2D eigenvalue weighted by Crippen LogP contribution is 2.33. The third-order valence-electron chi connectivity index (χ3n) is 5.31. The van der Waals surface area contributed by atoms with E-state index in [0.29, 0.717) is 55.1 Å². The Hall–Kier alpha value is -3.48. The van der Waals surface area contributed by atoms with Gasteiger partial charge in [-0.2, -0.15) is 22.0 Å². The summed E-state index contributed by atoms with van der Waals surface area (Å²) in [5.41, 5.74) is 2.61. The average molecular weight is 456 g/mol. The van der Waals surface area contributed by atoms with E-state index >= 15 is 0 Å². The molecule has 0 radical (unpaired) electrons. The third-order valence-corrected chi connectivity index (χ3v) is 7.30. The molecule has 2 N–H and O–H groups in total. The normalized spacial score (nSPS) is 16.7. The van der Waals surface area contributed by atoms with Crippen LogP contribution >= 0.6 is 0 Å². The van der Waals surface area contributed by atoms with Crippen molar-refractivity contribution in [1.82, 2.24) is 28.0 Å². The SMILES string of the molecule is CN1CCN(CCNc2nccc(-c3c(-c4cccc(O)c4)nc4occn34)n2)S1(=O)=O. The summed E-state index contributed by atoms with van der Waals surface area (Å²) in [4.78, 5) is 13.4. The van der Waals surface area contributed by atoms with Crippen molar-refractivity contribution >= 4 is 22.0 Å². The van der Waals surface area contributed by atoms with Crippen molar-refractivity contribution in [3.05, 3.63) is 49.0 Å². The number of imidazole rings is 1. The fourth-order valence-electron chi connectivity index (χ4n) is 3.66. The van der Waals surface area contributed by atoms with Gasteiger partial charge in [0.25, 0.3) is 10.2 Å². The van der Waals surface area contributed by atoms with Crippen molar-refractivity contribution < 1.29 is 17.9 Å². The van der Waals surface area contributed by atoms with Crippen LogP contribution < -0.4 is 5.32 Å². The van der Waals surface area contributed by atoms with Gasteiger partial charge in [0, 0.05) is 51.2 Å². The number of hydrogen-bond acceptors (Lipinski definition) is 8. The molecule has 11 nitrogen and oxygen atoms in total. The number of phenols is 1. The molecule has 0 spiro atoms. The second kappa shape index (κ2) is 7.89. The standard InChI is InChI=1S/C20H21N7O4S/c1-25-9-10-26(32(25,29)30)8-7-22-19-21-6-5-16(23-19)18-17(14-3-2-4-15(28)13-14)24-20-27(18)11-12-31-20/h2-6,11-13,28H,7-10H2,1H3,(H,21,22,23). The van der Waals surface area contributed by atoms with Crippen molar-refractivity contribution in [3.63, 3.8) is 0 Å². The van der Waals surface area contributed by atoms with E-state index in [2.05, 4.69) is 20.3 Å². The van der Waals surface area contributed by atoms with Crippen LogP contribution in [0.15, 0.2) is 53.4 Å². The van der Waals surface area contributed by atoms with Crippen LogP contribution in [0.1, 0.15) is 0 Å². The molecular formula is C20H21N7O4S. The Balaban J connectivity index is 1.42. The number of nitrogens with one attached hydrogen (secondary N) is 1. The van der Waals surface area contributed by atoms with Crippen LogP contribution in [0.5, 0.6) is 5.75 Å². The molecule has 0 bridgehead atoms. The van der Waals surface area contributed by atoms with Crippen LogP contribution in [0.4, 0.5) is 5.95 Å². The first-order valence-electron chi connectivity index (χ1n) is 9.97. The second-order valence-electron chi connectivity index (χ2n) is 7.34. The highest BCUT2D eigenvalue weighted by atomic mass is 32.2. The Labute approximate surface area is 184 Å². The number of likely N-dealkylation sites (N-methyl/N-ethyl adjacent to an activating group) is 1. The largest absolute Gasteiger partial charge is 0.508 e. The molecule has 1 aromatic carbocycles. The molecule has 0 atom stereocenters. The van der Waals surface area contributed by atoms with Crippen LogP contribution in [0.2, 0.25) is 0 Å². The number of anilines is 1. The third kappa shape index (κ3) is 3.57. The molecule has 0 unspecified atom stereocenters. The fraction of sp³-hybridized carbons (Fsp3) is 0.250. The molecule has 1 aliphatic heterocycles. The molecule has 0 saturated carbocycles. The summed E-state index contributed by atoms with van der Waals surface area (Å²) in [6.07, 6.45) is 4.90. The lowest BCUT2D eigenvalue weighted by Crippen LogP contribution is -2.34. The van der Waals surface area contributed by atoms with E-state index in [-0.39, 0.29) is 5.75 Å². The first-order valence-corrected chi connectivity index (χ1v) is 11.4. The Kier molecular flexibility index (Phi) is 5.04. The van der Waals surface area contributed by atoms with Gasteiger partial charge in [0.2, 0.25) is 5.95 Å². The molecule has 166 valence electrons. The van der Waals surface area contributed by atoms with Crippen molar-refractivity contribution in [1.29, 1.82) is 0 Å². The van der Waals surface area contributed by atoms with Crippen LogP contribution in [-0.4, -0.2) is 74.7 Å². The van der Waals surface area contributed by atoms with E-state index in [1.165, 1.54) is 14.9 Å². The molecular weight excluding hydrogens is 434 g/mol. The number of hydrogen-bond donors (Lipinski definition) is 2. The summed E-state index contributed by atoms with van der Waals surface area (Å²) in [5, 5.41) is 13.0. The molecule has 0 amide bonds. The molecule has 3 aromatic heterocycles. The van der Waals surface area contributed by atoms with Crippen LogP contribution in [0, 0.1) is 0 Å². The lowest BCUT2D eigenvalue weighted by molar-refractivity contribution is 0.459. The van der Waals surface area contributed by atoms with Crippen LogP contribution in [-0.2, 0) is 10.2 Å². The van der Waals surface area contributed by atoms with Crippen molar-refractivity contribution in [2.75, 3.05) is 38.5 Å². The summed E-state index contributed by atoms with van der Waals surface area (Å²) in [6, 6.07) is 8.56. The van der Waals surface area contributed by atoms with Gasteiger partial charge >= 0.3 is 5.84 Å². The number of oxazole rings is 1. The molecule has 32 heavy (non-hydrogen) atoms. The number of benzene rings is 1. The number of rotatable bonds is 6. The Morgan fingerprint density at radius 3 is 2.88 bits per heavy atom. The number of aromatic nitrogens is 4. The maximum atomic E-state index is 12.2. The number of fused-ring (bicyclic) bond motifs is 1. The predicted octanol–water partition coefficient (Wildman–Crippen LogP) is 1.66. The molecule has 1 fully saturated rings. The van der Waals surface area contributed by atoms with Gasteiger partial charge < -0.3 is 14.8 Å². The van der Waals surface area contributed by atoms with Crippen LogP contribution in [0.3, 0.4) is 0 Å². The Morgan fingerprint density at radius 1 is 1.22 bits per heavy atom. The average Bonchev–Trinajstić information content (AvgIpc) is 3.43. The minimum absolute atomic E-state index is 0.130. The summed E-state index contributed by atoms with van der Waals surface area (Å²) in [7, 11) is -1.81. The zero-order valence-electron chi connectivity index (χ0n) is 17.2. The van der Waals surface area contributed by atoms with Crippen molar-refractivity contribution in [3.8, 4) is 28.4 Å². The van der Waals surface area contributed by atoms with Gasteiger partial charge in [-0.25, -0.2) is 9.97 Å². The second-order valence-corrected chi connectivity index (χ2v) is 9.37. The zero-order chi connectivity index (χ0) is 22.3. The molecule has 12 heteroatoms. The molecule has 1 saturated heterocycles. The molecule has 5 rings (SSSR count). The van der Waals surface area contributed by atoms with Gasteiger partial charge in [-0.05, 0) is 18.2 Å². The maximum absolute atomic E-state index is 12.2. The molecule has 4 heterocycles. The van der Waals surface area contributed by atoms with Gasteiger partial charge in [0.15, 0.2) is 0 Å². The van der Waals surface area contributed by atoms with Gasteiger partial charge in [-0.3, -0.25) is 4.40 Å². The summed E-state index contributed by atoms with van der Waals surface area (Å²) >= 11 is 0. The monoisotopic (exact) mass is 455 g/mol. The minimum Gasteiger partial charge on any atom is -0.508 e. The van der Waals surface area contributed by atoms with Gasteiger partial charge in [0.1, 0.15) is 23.4 Å². The first-order chi connectivity index (χ1) is 15.4. The van der Waals surface area contributed by atoms with E-state index in [4.69, 9.17) is 4.42 Å². The van der Waals surface area contributed by atoms with E-state index in [1.807, 2.05) is 6.07 Å². The Bertz CT molecular complexity index is 1380. The van der Waals surface area contributed by atoms with E-state index in [9.17, 15) is 13.5 Å². The van der Waals surface area contributed by atoms with Crippen LogP contribution in [0.25, 0.3) is 28.5 Å². The van der Waals surface area contributed by atoms with Gasteiger partial charge in [0.05, 0.1) is 5.69 Å². The fourth-order valence-corrected chi connectivity index (χ4v) is 5.00.